The smallest absolute Gasteiger partial charge is 0.234 e. The molecule has 0 aliphatic carbocycles. The van der Waals surface area contributed by atoms with E-state index in [9.17, 15) is 4.79 Å². The summed E-state index contributed by atoms with van der Waals surface area (Å²) in [6, 6.07) is 0. The molecule has 2 N–H and O–H groups in total. The van der Waals surface area contributed by atoms with Crippen LogP contribution in [-0.4, -0.2) is 68.2 Å². The van der Waals surface area contributed by atoms with Crippen molar-refractivity contribution in [1.29, 1.82) is 0 Å². The standard InChI is InChI=1S/C11H21N3O2/c1-2-13-3-5-14(6-4-13)10(15)11(7-12)8-16-9-11/h2-9,12H2,1H3. The van der Waals surface area contributed by atoms with Crippen LogP contribution in [0.3, 0.4) is 0 Å². The Hall–Kier alpha value is -0.650. The van der Waals surface area contributed by atoms with Gasteiger partial charge in [0.25, 0.3) is 0 Å². The van der Waals surface area contributed by atoms with E-state index in [1.807, 2.05) is 4.90 Å². The lowest BCUT2D eigenvalue weighted by molar-refractivity contribution is -0.172. The predicted molar refractivity (Wildman–Crippen MR) is 61.0 cm³/mol. The number of ether oxygens (including phenoxy) is 1. The zero-order valence-electron chi connectivity index (χ0n) is 9.95. The minimum atomic E-state index is -0.408. The fraction of sp³-hybridized carbons (Fsp3) is 0.909. The molecule has 0 aromatic rings. The fourth-order valence-electron chi connectivity index (χ4n) is 2.28. The maximum Gasteiger partial charge on any atom is 0.234 e. The van der Waals surface area contributed by atoms with E-state index in [1.54, 1.807) is 0 Å². The van der Waals surface area contributed by atoms with Crippen LogP contribution < -0.4 is 5.73 Å². The van der Waals surface area contributed by atoms with Gasteiger partial charge in [0.15, 0.2) is 0 Å². The normalized spacial score (nSPS) is 25.2. The van der Waals surface area contributed by atoms with Gasteiger partial charge in [-0.05, 0) is 6.54 Å². The Bertz CT molecular complexity index is 252. The van der Waals surface area contributed by atoms with Crippen LogP contribution in [0, 0.1) is 5.41 Å². The highest BCUT2D eigenvalue weighted by atomic mass is 16.5. The molecule has 2 fully saturated rings. The molecule has 2 aliphatic heterocycles. The first-order valence-electron chi connectivity index (χ1n) is 6.01. The van der Waals surface area contributed by atoms with Crippen molar-refractivity contribution >= 4 is 5.91 Å². The van der Waals surface area contributed by atoms with E-state index in [-0.39, 0.29) is 5.91 Å². The Morgan fingerprint density at radius 1 is 1.31 bits per heavy atom. The Balaban J connectivity index is 1.91. The third-order valence-electron chi connectivity index (χ3n) is 3.71. The lowest BCUT2D eigenvalue weighted by Gasteiger charge is -2.44. The van der Waals surface area contributed by atoms with Crippen LogP contribution in [0.2, 0.25) is 0 Å². The van der Waals surface area contributed by atoms with Gasteiger partial charge < -0.3 is 20.3 Å². The Morgan fingerprint density at radius 2 is 1.94 bits per heavy atom. The highest BCUT2D eigenvalue weighted by Gasteiger charge is 2.47. The number of carbonyl (C=O) groups excluding carboxylic acids is 1. The summed E-state index contributed by atoms with van der Waals surface area (Å²) in [5.74, 6) is 0.192. The zero-order valence-corrected chi connectivity index (χ0v) is 9.95. The van der Waals surface area contributed by atoms with E-state index in [2.05, 4.69) is 11.8 Å². The second kappa shape index (κ2) is 4.69. The molecular weight excluding hydrogens is 206 g/mol. The van der Waals surface area contributed by atoms with Crippen molar-refractivity contribution in [3.63, 3.8) is 0 Å². The highest BCUT2D eigenvalue weighted by Crippen LogP contribution is 2.29. The van der Waals surface area contributed by atoms with Crippen molar-refractivity contribution in [1.82, 2.24) is 9.80 Å². The lowest BCUT2D eigenvalue weighted by atomic mass is 9.84. The number of carbonyl (C=O) groups is 1. The van der Waals surface area contributed by atoms with Crippen molar-refractivity contribution in [3.8, 4) is 0 Å². The second-order valence-electron chi connectivity index (χ2n) is 4.70. The van der Waals surface area contributed by atoms with Crippen molar-refractivity contribution < 1.29 is 9.53 Å². The number of hydrogen-bond acceptors (Lipinski definition) is 4. The Labute approximate surface area is 96.5 Å². The number of rotatable bonds is 3. The minimum absolute atomic E-state index is 0.192. The van der Waals surface area contributed by atoms with Crippen LogP contribution in [-0.2, 0) is 9.53 Å². The predicted octanol–water partition coefficient (Wildman–Crippen LogP) is -0.874. The molecule has 2 aliphatic rings. The van der Waals surface area contributed by atoms with Gasteiger partial charge in [-0.1, -0.05) is 6.92 Å². The van der Waals surface area contributed by atoms with E-state index in [1.165, 1.54) is 0 Å². The quantitative estimate of drug-likeness (QED) is 0.680. The van der Waals surface area contributed by atoms with Gasteiger partial charge in [0.05, 0.1) is 13.2 Å². The van der Waals surface area contributed by atoms with E-state index in [0.29, 0.717) is 19.8 Å². The van der Waals surface area contributed by atoms with Gasteiger partial charge in [-0.25, -0.2) is 0 Å². The average Bonchev–Trinajstić information content (AvgIpc) is 2.28. The molecule has 0 bridgehead atoms. The third kappa shape index (κ3) is 1.95. The zero-order chi connectivity index (χ0) is 11.6. The highest BCUT2D eigenvalue weighted by molar-refractivity contribution is 5.84. The van der Waals surface area contributed by atoms with Gasteiger partial charge in [0.1, 0.15) is 5.41 Å². The molecular formula is C11H21N3O2. The molecule has 16 heavy (non-hydrogen) atoms. The number of amides is 1. The molecule has 0 saturated carbocycles. The monoisotopic (exact) mass is 227 g/mol. The number of nitrogens with two attached hydrogens (primary N) is 1. The summed E-state index contributed by atoms with van der Waals surface area (Å²) in [7, 11) is 0. The summed E-state index contributed by atoms with van der Waals surface area (Å²) in [6.45, 7) is 8.22. The molecule has 0 aromatic carbocycles. The average molecular weight is 227 g/mol. The maximum atomic E-state index is 12.3. The van der Waals surface area contributed by atoms with Crippen LogP contribution in [0.15, 0.2) is 0 Å². The molecule has 2 rings (SSSR count). The summed E-state index contributed by atoms with van der Waals surface area (Å²) in [4.78, 5) is 16.6. The van der Waals surface area contributed by atoms with Crippen LogP contribution in [0.25, 0.3) is 0 Å². The van der Waals surface area contributed by atoms with Crippen molar-refractivity contribution in [2.24, 2.45) is 11.1 Å². The largest absolute Gasteiger partial charge is 0.379 e. The van der Waals surface area contributed by atoms with Crippen LogP contribution in [0.1, 0.15) is 6.92 Å². The van der Waals surface area contributed by atoms with Crippen molar-refractivity contribution in [3.05, 3.63) is 0 Å². The summed E-state index contributed by atoms with van der Waals surface area (Å²) >= 11 is 0. The lowest BCUT2D eigenvalue weighted by Crippen LogP contribution is -2.61. The molecule has 2 heterocycles. The van der Waals surface area contributed by atoms with Crippen LogP contribution in [0.5, 0.6) is 0 Å². The summed E-state index contributed by atoms with van der Waals surface area (Å²) in [5, 5.41) is 0. The fourth-order valence-corrected chi connectivity index (χ4v) is 2.28. The van der Waals surface area contributed by atoms with E-state index < -0.39 is 5.41 Å². The van der Waals surface area contributed by atoms with Crippen molar-refractivity contribution in [2.75, 3.05) is 52.5 Å². The number of hydrogen-bond donors (Lipinski definition) is 1. The number of piperazine rings is 1. The van der Waals surface area contributed by atoms with Gasteiger partial charge in [-0.2, -0.15) is 0 Å². The molecule has 0 unspecified atom stereocenters. The molecule has 1 amide bonds. The first-order chi connectivity index (χ1) is 7.72. The molecule has 0 aromatic heterocycles. The summed E-state index contributed by atoms with van der Waals surface area (Å²) in [5.41, 5.74) is 5.28. The van der Waals surface area contributed by atoms with Gasteiger partial charge in [-0.15, -0.1) is 0 Å². The Morgan fingerprint density at radius 3 is 2.31 bits per heavy atom. The maximum absolute atomic E-state index is 12.3. The molecule has 0 radical (unpaired) electrons. The minimum Gasteiger partial charge on any atom is -0.379 e. The SMILES string of the molecule is CCN1CCN(C(=O)C2(CN)COC2)CC1. The van der Waals surface area contributed by atoms with E-state index >= 15 is 0 Å². The van der Waals surface area contributed by atoms with E-state index in [4.69, 9.17) is 10.5 Å². The van der Waals surface area contributed by atoms with Gasteiger partial charge in [0, 0.05) is 32.7 Å². The van der Waals surface area contributed by atoms with Gasteiger partial charge >= 0.3 is 0 Å². The summed E-state index contributed by atoms with van der Waals surface area (Å²) in [6.07, 6.45) is 0. The third-order valence-corrected chi connectivity index (χ3v) is 3.71. The molecule has 0 spiro atoms. The molecule has 2 saturated heterocycles. The molecule has 5 nitrogen and oxygen atoms in total. The van der Waals surface area contributed by atoms with Gasteiger partial charge in [0.2, 0.25) is 5.91 Å². The van der Waals surface area contributed by atoms with Crippen molar-refractivity contribution in [2.45, 2.75) is 6.92 Å². The van der Waals surface area contributed by atoms with Crippen LogP contribution >= 0.6 is 0 Å². The first kappa shape index (κ1) is 11.8. The molecule has 5 heteroatoms. The molecule has 92 valence electrons. The number of likely N-dealkylation sites (N-methyl/N-ethyl adjacent to an activating group) is 1. The summed E-state index contributed by atoms with van der Waals surface area (Å²) < 4.78 is 5.15. The first-order valence-corrected chi connectivity index (χ1v) is 6.01. The van der Waals surface area contributed by atoms with E-state index in [0.717, 1.165) is 32.7 Å². The second-order valence-corrected chi connectivity index (χ2v) is 4.70. The van der Waals surface area contributed by atoms with Crippen LogP contribution in [0.4, 0.5) is 0 Å². The Kier molecular flexibility index (Phi) is 3.47. The van der Waals surface area contributed by atoms with Gasteiger partial charge in [-0.3, -0.25) is 4.79 Å². The number of nitrogens with zero attached hydrogens (tertiary/aromatic N) is 2. The molecule has 0 atom stereocenters. The topological polar surface area (TPSA) is 58.8 Å².